The van der Waals surface area contributed by atoms with Crippen LogP contribution >= 0.6 is 0 Å². The summed E-state index contributed by atoms with van der Waals surface area (Å²) in [5.74, 6) is 0. The van der Waals surface area contributed by atoms with Gasteiger partial charge in [-0.25, -0.2) is 4.79 Å². The van der Waals surface area contributed by atoms with Gasteiger partial charge in [0, 0.05) is 17.9 Å². The molecule has 0 unspecified atom stereocenters. The summed E-state index contributed by atoms with van der Waals surface area (Å²) in [6.07, 6.45) is 0. The van der Waals surface area contributed by atoms with Gasteiger partial charge in [-0.2, -0.15) is 0 Å². The summed E-state index contributed by atoms with van der Waals surface area (Å²) in [6, 6.07) is 14.1. The minimum Gasteiger partial charge on any atom is -0.355 e. The highest BCUT2D eigenvalue weighted by Gasteiger charge is 2.24. The van der Waals surface area contributed by atoms with Crippen molar-refractivity contribution in [2.45, 2.75) is 26.3 Å². The van der Waals surface area contributed by atoms with E-state index in [0.29, 0.717) is 6.54 Å². The number of H-pyrrole nitrogens is 1. The van der Waals surface area contributed by atoms with Gasteiger partial charge in [0.15, 0.2) is 0 Å². The average Bonchev–Trinajstić information content (AvgIpc) is 2.85. The minimum absolute atomic E-state index is 0.0849. The maximum atomic E-state index is 12.4. The van der Waals surface area contributed by atoms with Crippen LogP contribution in [-0.4, -0.2) is 23.1 Å². The molecule has 0 spiro atoms. The summed E-state index contributed by atoms with van der Waals surface area (Å²) >= 11 is 0. The molecule has 3 aromatic rings. The van der Waals surface area contributed by atoms with E-state index in [2.05, 4.69) is 42.5 Å². The van der Waals surface area contributed by atoms with Gasteiger partial charge in [-0.3, -0.25) is 4.57 Å². The summed E-state index contributed by atoms with van der Waals surface area (Å²) in [7, 11) is 1.89. The highest BCUT2D eigenvalue weighted by molar-refractivity contribution is 5.81. The van der Waals surface area contributed by atoms with Crippen molar-refractivity contribution in [3.63, 3.8) is 0 Å². The van der Waals surface area contributed by atoms with E-state index in [1.54, 1.807) is 0 Å². The summed E-state index contributed by atoms with van der Waals surface area (Å²) in [4.78, 5) is 15.4. The van der Waals surface area contributed by atoms with E-state index in [-0.39, 0.29) is 11.2 Å². The Morgan fingerprint density at radius 3 is 2.62 bits per heavy atom. The summed E-state index contributed by atoms with van der Waals surface area (Å²) in [5.41, 5.74) is 4.55. The molecule has 0 aliphatic carbocycles. The van der Waals surface area contributed by atoms with Crippen LogP contribution in [0, 0.1) is 6.92 Å². The molecule has 0 saturated heterocycles. The van der Waals surface area contributed by atoms with Crippen molar-refractivity contribution in [1.82, 2.24) is 14.9 Å². The number of benzene rings is 2. The van der Waals surface area contributed by atoms with Crippen LogP contribution in [0.25, 0.3) is 11.0 Å². The molecule has 1 heterocycles. The molecule has 2 aromatic carbocycles. The topological polar surface area (TPSA) is 61.9 Å². The summed E-state index contributed by atoms with van der Waals surface area (Å²) < 4.78 is 1.82. The smallest absolute Gasteiger partial charge is 0.327 e. The molecule has 24 heavy (non-hydrogen) atoms. The van der Waals surface area contributed by atoms with Crippen molar-refractivity contribution in [1.29, 1.82) is 0 Å². The zero-order valence-corrected chi connectivity index (χ0v) is 14.6. The van der Waals surface area contributed by atoms with Crippen LogP contribution in [-0.2, 0) is 5.54 Å². The molecule has 0 radical (unpaired) electrons. The van der Waals surface area contributed by atoms with Gasteiger partial charge in [0.25, 0.3) is 0 Å². The Hall–Kier alpha value is -2.53. The molecule has 3 N–H and O–H groups in total. The van der Waals surface area contributed by atoms with E-state index >= 15 is 0 Å². The standard InChI is InChI=1S/C19H24N4O/c1-13-7-5-6-8-15(13)21-14-9-10-17-16(11-14)22-18(24)23(17)19(2,3)12-20-4/h5-11,20-21H,12H2,1-4H3,(H,22,24). The number of imidazole rings is 1. The minimum atomic E-state index is -0.310. The van der Waals surface area contributed by atoms with Crippen molar-refractivity contribution in [3.05, 3.63) is 58.5 Å². The van der Waals surface area contributed by atoms with Crippen LogP contribution in [0.4, 0.5) is 11.4 Å². The zero-order chi connectivity index (χ0) is 17.3. The first-order valence-corrected chi connectivity index (χ1v) is 8.15. The number of aryl methyl sites for hydroxylation is 1. The number of hydrogen-bond donors (Lipinski definition) is 3. The molecule has 0 amide bonds. The number of fused-ring (bicyclic) bond motifs is 1. The second kappa shape index (κ2) is 6.17. The third kappa shape index (κ3) is 2.95. The lowest BCUT2D eigenvalue weighted by molar-refractivity contribution is 0.344. The first-order valence-electron chi connectivity index (χ1n) is 8.15. The van der Waals surface area contributed by atoms with Crippen molar-refractivity contribution in [2.24, 2.45) is 0 Å². The fourth-order valence-corrected chi connectivity index (χ4v) is 3.17. The number of para-hydroxylation sites is 1. The summed E-state index contributed by atoms with van der Waals surface area (Å²) in [6.45, 7) is 6.89. The van der Waals surface area contributed by atoms with Crippen LogP contribution in [0.3, 0.4) is 0 Å². The van der Waals surface area contributed by atoms with E-state index in [0.717, 1.165) is 22.4 Å². The molecule has 5 nitrogen and oxygen atoms in total. The predicted octanol–water partition coefficient (Wildman–Crippen LogP) is 3.34. The lowest BCUT2D eigenvalue weighted by atomic mass is 10.1. The number of aromatic nitrogens is 2. The van der Waals surface area contributed by atoms with Gasteiger partial charge in [0.2, 0.25) is 0 Å². The fraction of sp³-hybridized carbons (Fsp3) is 0.316. The quantitative estimate of drug-likeness (QED) is 0.674. The Morgan fingerprint density at radius 2 is 1.92 bits per heavy atom. The van der Waals surface area contributed by atoms with Gasteiger partial charge < -0.3 is 15.6 Å². The normalized spacial score (nSPS) is 11.8. The largest absolute Gasteiger partial charge is 0.355 e. The maximum Gasteiger partial charge on any atom is 0.327 e. The van der Waals surface area contributed by atoms with Crippen molar-refractivity contribution in [2.75, 3.05) is 18.9 Å². The number of anilines is 2. The zero-order valence-electron chi connectivity index (χ0n) is 14.6. The molecule has 126 valence electrons. The van der Waals surface area contributed by atoms with Gasteiger partial charge in [0.1, 0.15) is 0 Å². The fourth-order valence-electron chi connectivity index (χ4n) is 3.17. The van der Waals surface area contributed by atoms with Crippen LogP contribution in [0.1, 0.15) is 19.4 Å². The third-order valence-electron chi connectivity index (χ3n) is 4.32. The Labute approximate surface area is 141 Å². The Bertz CT molecular complexity index is 921. The number of aromatic amines is 1. The summed E-state index contributed by atoms with van der Waals surface area (Å²) in [5, 5.41) is 6.57. The lowest BCUT2D eigenvalue weighted by Gasteiger charge is -2.26. The van der Waals surface area contributed by atoms with Crippen LogP contribution < -0.4 is 16.3 Å². The molecule has 0 saturated carbocycles. The molecule has 0 aliphatic rings. The number of nitrogens with zero attached hydrogens (tertiary/aromatic N) is 1. The monoisotopic (exact) mass is 324 g/mol. The predicted molar refractivity (Wildman–Crippen MR) is 100 cm³/mol. The van der Waals surface area contributed by atoms with Gasteiger partial charge in [-0.1, -0.05) is 18.2 Å². The Balaban J connectivity index is 2.02. The molecule has 0 aliphatic heterocycles. The average molecular weight is 324 g/mol. The Morgan fingerprint density at radius 1 is 1.17 bits per heavy atom. The highest BCUT2D eigenvalue weighted by Crippen LogP contribution is 2.25. The SMILES string of the molecule is CNCC(C)(C)n1c(=O)[nH]c2cc(Nc3ccccc3C)ccc21. The van der Waals surface area contributed by atoms with E-state index in [9.17, 15) is 4.79 Å². The van der Waals surface area contributed by atoms with E-state index in [4.69, 9.17) is 0 Å². The van der Waals surface area contributed by atoms with Crippen molar-refractivity contribution < 1.29 is 0 Å². The van der Waals surface area contributed by atoms with Crippen molar-refractivity contribution >= 4 is 22.4 Å². The van der Waals surface area contributed by atoms with E-state index < -0.39 is 0 Å². The number of likely N-dealkylation sites (N-methyl/N-ethyl adjacent to an activating group) is 1. The van der Waals surface area contributed by atoms with Gasteiger partial charge in [-0.05, 0) is 57.6 Å². The second-order valence-corrected chi connectivity index (χ2v) is 6.78. The first kappa shape index (κ1) is 16.3. The molecule has 5 heteroatoms. The molecule has 0 atom stereocenters. The van der Waals surface area contributed by atoms with Crippen LogP contribution in [0.15, 0.2) is 47.3 Å². The maximum absolute atomic E-state index is 12.4. The van der Waals surface area contributed by atoms with Crippen LogP contribution in [0.2, 0.25) is 0 Å². The molecular formula is C19H24N4O. The van der Waals surface area contributed by atoms with Crippen LogP contribution in [0.5, 0.6) is 0 Å². The number of nitrogens with one attached hydrogen (secondary N) is 3. The highest BCUT2D eigenvalue weighted by atomic mass is 16.1. The molecule has 1 aromatic heterocycles. The van der Waals surface area contributed by atoms with Crippen molar-refractivity contribution in [3.8, 4) is 0 Å². The molecule has 0 bridgehead atoms. The number of rotatable bonds is 5. The molecular weight excluding hydrogens is 300 g/mol. The molecule has 0 fully saturated rings. The Kier molecular flexibility index (Phi) is 4.20. The van der Waals surface area contributed by atoms with E-state index in [1.807, 2.05) is 48.0 Å². The van der Waals surface area contributed by atoms with Gasteiger partial charge in [0.05, 0.1) is 16.6 Å². The molecule has 3 rings (SSSR count). The van der Waals surface area contributed by atoms with Gasteiger partial charge in [-0.15, -0.1) is 0 Å². The van der Waals surface area contributed by atoms with Gasteiger partial charge >= 0.3 is 5.69 Å². The number of hydrogen-bond acceptors (Lipinski definition) is 3. The second-order valence-electron chi connectivity index (χ2n) is 6.78. The first-order chi connectivity index (χ1) is 11.4. The van der Waals surface area contributed by atoms with E-state index in [1.165, 1.54) is 5.56 Å². The lowest BCUT2D eigenvalue weighted by Crippen LogP contribution is -2.41. The third-order valence-corrected chi connectivity index (χ3v) is 4.32.